The zero-order chi connectivity index (χ0) is 23.8. The van der Waals surface area contributed by atoms with E-state index in [1.54, 1.807) is 29.6 Å². The van der Waals surface area contributed by atoms with Gasteiger partial charge >= 0.3 is 0 Å². The lowest BCUT2D eigenvalue weighted by Gasteiger charge is -1.86. The van der Waals surface area contributed by atoms with Gasteiger partial charge in [-0.25, -0.2) is 9.97 Å². The summed E-state index contributed by atoms with van der Waals surface area (Å²) in [6, 6.07) is 16.3. The Morgan fingerprint density at radius 3 is 1.47 bits per heavy atom. The molecule has 8 heteroatoms. The van der Waals surface area contributed by atoms with Crippen LogP contribution in [0.2, 0.25) is 0 Å². The van der Waals surface area contributed by atoms with Crippen molar-refractivity contribution < 1.29 is 9.59 Å². The minimum absolute atomic E-state index is 0. The first-order valence-corrected chi connectivity index (χ1v) is 12.2. The van der Waals surface area contributed by atoms with Gasteiger partial charge < -0.3 is 9.59 Å². The molecule has 6 rings (SSSR count). The number of aromatic nitrogens is 4. The number of nitrogens with zero attached hydrogens (tertiary/aromatic N) is 4. The zero-order valence-corrected chi connectivity index (χ0v) is 20.7. The molecule has 0 saturated carbocycles. The monoisotopic (exact) mass is 494 g/mol. The Hall–Kier alpha value is -3.36. The summed E-state index contributed by atoms with van der Waals surface area (Å²) in [6.45, 7) is 6.49. The number of hydrogen-bond acceptors (Lipinski definition) is 6. The molecule has 4 heterocycles. The van der Waals surface area contributed by atoms with Crippen LogP contribution < -0.4 is 0 Å². The minimum atomic E-state index is 0. The fraction of sp³-hybridized carbons (Fsp3) is 0.231. The van der Waals surface area contributed by atoms with Crippen molar-refractivity contribution in [2.45, 2.75) is 41.5 Å². The zero-order valence-electron chi connectivity index (χ0n) is 19.1. The van der Waals surface area contributed by atoms with E-state index in [-0.39, 0.29) is 19.0 Å². The number of carbonyl (C=O) groups is 2. The number of hydrogen-bond donors (Lipinski definition) is 0. The molecule has 6 nitrogen and oxygen atoms in total. The van der Waals surface area contributed by atoms with Crippen molar-refractivity contribution in [1.82, 2.24) is 18.8 Å². The van der Waals surface area contributed by atoms with E-state index >= 15 is 0 Å². The number of rotatable bonds is 1. The highest BCUT2D eigenvalue weighted by Crippen LogP contribution is 2.20. The van der Waals surface area contributed by atoms with Crippen LogP contribution in [0.1, 0.15) is 41.5 Å². The summed E-state index contributed by atoms with van der Waals surface area (Å²) in [7, 11) is 0. The van der Waals surface area contributed by atoms with Crippen LogP contribution in [0, 0.1) is 0 Å². The third-order valence-corrected chi connectivity index (χ3v) is 5.90. The van der Waals surface area contributed by atoms with Crippen LogP contribution in [0.15, 0.2) is 71.7 Å². The summed E-state index contributed by atoms with van der Waals surface area (Å²) in [4.78, 5) is 30.3. The Labute approximate surface area is 207 Å². The molecule has 0 saturated heterocycles. The van der Waals surface area contributed by atoms with E-state index in [9.17, 15) is 9.59 Å². The maximum absolute atomic E-state index is 9.81. The second-order valence-corrected chi connectivity index (χ2v) is 9.02. The number of Topliss-reactive ketones (excluding diaryl/α,β-unsaturated/α-hetero) is 2. The summed E-state index contributed by atoms with van der Waals surface area (Å²) in [5, 5.41) is 4.10. The maximum Gasteiger partial charge on any atom is 0.194 e. The van der Waals surface area contributed by atoms with Crippen LogP contribution in [0.25, 0.3) is 32.0 Å². The Kier molecular flexibility index (Phi) is 10.1. The van der Waals surface area contributed by atoms with Gasteiger partial charge in [0, 0.05) is 29.6 Å². The van der Waals surface area contributed by atoms with Crippen LogP contribution in [0.5, 0.6) is 0 Å². The fourth-order valence-corrected chi connectivity index (χ4v) is 4.26. The molecule has 0 spiro atoms. The third kappa shape index (κ3) is 6.82. The number of benzene rings is 2. The van der Waals surface area contributed by atoms with Gasteiger partial charge in [0.05, 0.1) is 22.1 Å². The lowest BCUT2D eigenvalue weighted by atomic mass is 10.3. The molecule has 2 aromatic carbocycles. The molecular formula is C26H30N4O2S2. The average Bonchev–Trinajstić information content (AvgIpc) is 3.55. The van der Waals surface area contributed by atoms with Gasteiger partial charge in [-0.15, -0.1) is 22.7 Å². The van der Waals surface area contributed by atoms with E-state index in [2.05, 4.69) is 54.1 Å². The molecule has 0 fully saturated rings. The van der Waals surface area contributed by atoms with Gasteiger partial charge in [0.25, 0.3) is 0 Å². The number of ketones is 2. The molecule has 34 heavy (non-hydrogen) atoms. The third-order valence-electron chi connectivity index (χ3n) is 4.39. The molecule has 0 radical (unpaired) electrons. The van der Waals surface area contributed by atoms with E-state index in [4.69, 9.17) is 0 Å². The molecule has 0 aliphatic rings. The molecule has 0 atom stereocenters. The first-order valence-electron chi connectivity index (χ1n) is 10.5. The molecule has 178 valence electrons. The lowest BCUT2D eigenvalue weighted by Crippen LogP contribution is -1.80. The Morgan fingerprint density at radius 1 is 0.765 bits per heavy atom. The molecular weight excluding hydrogens is 464 g/mol. The van der Waals surface area contributed by atoms with Crippen molar-refractivity contribution >= 4 is 66.2 Å². The van der Waals surface area contributed by atoms with Gasteiger partial charge in [-0.05, 0) is 45.0 Å². The minimum Gasteiger partial charge on any atom is -0.300 e. The smallest absolute Gasteiger partial charge is 0.194 e. The lowest BCUT2D eigenvalue weighted by molar-refractivity contribution is -0.117. The molecule has 0 amide bonds. The largest absolute Gasteiger partial charge is 0.300 e. The highest BCUT2D eigenvalue weighted by molar-refractivity contribution is 7.15. The second-order valence-electron chi connectivity index (χ2n) is 7.28. The normalized spacial score (nSPS) is 9.88. The van der Waals surface area contributed by atoms with E-state index in [0.29, 0.717) is 6.42 Å². The molecule has 0 bridgehead atoms. The van der Waals surface area contributed by atoms with E-state index in [1.165, 1.54) is 24.9 Å². The van der Waals surface area contributed by atoms with Gasteiger partial charge in [-0.3, -0.25) is 8.80 Å². The van der Waals surface area contributed by atoms with Crippen LogP contribution in [-0.4, -0.2) is 30.3 Å². The number of imidazole rings is 2. The Balaban J connectivity index is 0.000000176. The maximum atomic E-state index is 9.81. The fourth-order valence-electron chi connectivity index (χ4n) is 2.80. The summed E-state index contributed by atoms with van der Waals surface area (Å²) in [5.41, 5.74) is 4.52. The van der Waals surface area contributed by atoms with Crippen molar-refractivity contribution in [3.05, 3.63) is 71.7 Å². The van der Waals surface area contributed by atoms with Crippen LogP contribution >= 0.6 is 22.7 Å². The van der Waals surface area contributed by atoms with Gasteiger partial charge in [-0.1, -0.05) is 38.6 Å². The SMILES string of the molecule is C.CC(C)=O.CCC(C)=O.c1ccc2c(c1)nc1sccn12.c1ccc2c(c1)nc1sccn12. The average molecular weight is 495 g/mol. The standard InChI is InChI=1S/2C9H6N2S.C4H8O.C3H6O.CH4/c2*1-2-4-8-7(3-1)10-9-11(8)5-6-12-9;1-3-4(2)5;1-3(2)4;/h2*1-6H;3H2,1-2H3;1-2H3;1H4. The van der Waals surface area contributed by atoms with Gasteiger partial charge in [0.2, 0.25) is 0 Å². The summed E-state index contributed by atoms with van der Waals surface area (Å²) in [6.07, 6.45) is 4.77. The summed E-state index contributed by atoms with van der Waals surface area (Å²) < 4.78 is 4.22. The number of thiazole rings is 2. The first kappa shape index (κ1) is 26.9. The van der Waals surface area contributed by atoms with Gasteiger partial charge in [-0.2, -0.15) is 0 Å². The Bertz CT molecular complexity index is 1380. The van der Waals surface area contributed by atoms with Crippen molar-refractivity contribution in [3.8, 4) is 0 Å². The Morgan fingerprint density at radius 2 is 1.12 bits per heavy atom. The first-order chi connectivity index (χ1) is 15.9. The highest BCUT2D eigenvalue weighted by atomic mass is 32.1. The van der Waals surface area contributed by atoms with Crippen LogP contribution in [0.3, 0.4) is 0 Å². The number of fused-ring (bicyclic) bond motifs is 6. The molecule has 6 aromatic rings. The van der Waals surface area contributed by atoms with Gasteiger partial charge in [0.1, 0.15) is 11.6 Å². The predicted molar refractivity (Wildman–Crippen MR) is 145 cm³/mol. The topological polar surface area (TPSA) is 68.7 Å². The van der Waals surface area contributed by atoms with E-state index in [0.717, 1.165) is 21.0 Å². The molecule has 0 aliphatic carbocycles. The number of para-hydroxylation sites is 4. The van der Waals surface area contributed by atoms with E-state index < -0.39 is 0 Å². The van der Waals surface area contributed by atoms with Crippen molar-refractivity contribution in [1.29, 1.82) is 0 Å². The highest BCUT2D eigenvalue weighted by Gasteiger charge is 2.03. The van der Waals surface area contributed by atoms with Gasteiger partial charge in [0.15, 0.2) is 9.92 Å². The number of carbonyl (C=O) groups excluding carboxylic acids is 2. The molecule has 0 unspecified atom stereocenters. The molecule has 0 aliphatic heterocycles. The van der Waals surface area contributed by atoms with E-state index in [1.807, 2.05) is 43.3 Å². The van der Waals surface area contributed by atoms with Crippen molar-refractivity contribution in [2.24, 2.45) is 0 Å². The predicted octanol–water partition coefficient (Wildman–Crippen LogP) is 7.31. The quantitative estimate of drug-likeness (QED) is 0.240. The van der Waals surface area contributed by atoms with Crippen molar-refractivity contribution in [2.75, 3.05) is 0 Å². The summed E-state index contributed by atoms with van der Waals surface area (Å²) >= 11 is 3.33. The molecule has 4 aromatic heterocycles. The summed E-state index contributed by atoms with van der Waals surface area (Å²) in [5.74, 6) is 0.421. The van der Waals surface area contributed by atoms with Crippen LogP contribution in [-0.2, 0) is 9.59 Å². The van der Waals surface area contributed by atoms with Crippen molar-refractivity contribution in [3.63, 3.8) is 0 Å². The molecule has 0 N–H and O–H groups in total. The second kappa shape index (κ2) is 12.8. The van der Waals surface area contributed by atoms with Crippen LogP contribution in [0.4, 0.5) is 0 Å².